The Morgan fingerprint density at radius 3 is 2.50 bits per heavy atom. The Labute approximate surface area is 129 Å². The normalized spacial score (nSPS) is 10.2. The van der Waals surface area contributed by atoms with Crippen LogP contribution < -0.4 is 10.6 Å². The molecule has 2 aromatic rings. The minimum Gasteiger partial charge on any atom is -0.382 e. The van der Waals surface area contributed by atoms with Gasteiger partial charge in [0, 0.05) is 11.5 Å². The van der Waals surface area contributed by atoms with E-state index < -0.39 is 4.92 Å². The summed E-state index contributed by atoms with van der Waals surface area (Å²) in [5.74, 6) is 0. The molecule has 0 fully saturated rings. The van der Waals surface area contributed by atoms with Gasteiger partial charge in [0.1, 0.15) is 11.4 Å². The molecule has 0 radical (unpaired) electrons. The standard InChI is InChI=1S/C13H11BrClN3O2/c1-16-11-3-2-4-12(13(11)18(19)20)17-10-6-5-8(14)7-9(10)15/h2-7,16-17H,1H3. The average molecular weight is 357 g/mol. The molecule has 2 aromatic carbocycles. The van der Waals surface area contributed by atoms with Crippen molar-refractivity contribution in [2.45, 2.75) is 0 Å². The molecule has 2 N–H and O–H groups in total. The smallest absolute Gasteiger partial charge is 0.315 e. The van der Waals surface area contributed by atoms with Crippen LogP contribution in [0.4, 0.5) is 22.7 Å². The van der Waals surface area contributed by atoms with Crippen molar-refractivity contribution in [1.29, 1.82) is 0 Å². The average Bonchev–Trinajstić information content (AvgIpc) is 2.41. The van der Waals surface area contributed by atoms with Gasteiger partial charge in [-0.2, -0.15) is 0 Å². The number of nitrogens with zero attached hydrogens (tertiary/aromatic N) is 1. The van der Waals surface area contributed by atoms with Crippen molar-refractivity contribution in [3.05, 3.63) is 56.0 Å². The molecule has 0 amide bonds. The molecule has 20 heavy (non-hydrogen) atoms. The van der Waals surface area contributed by atoms with E-state index in [9.17, 15) is 10.1 Å². The van der Waals surface area contributed by atoms with Gasteiger partial charge in [-0.05, 0) is 30.3 Å². The first kappa shape index (κ1) is 14.6. The van der Waals surface area contributed by atoms with Crippen LogP contribution in [0.25, 0.3) is 0 Å². The van der Waals surface area contributed by atoms with E-state index in [0.717, 1.165) is 4.47 Å². The second-order valence-corrected chi connectivity index (χ2v) is 5.28. The predicted octanol–water partition coefficient (Wildman–Crippen LogP) is 4.80. The highest BCUT2D eigenvalue weighted by Gasteiger charge is 2.19. The minimum absolute atomic E-state index is 0.0195. The number of para-hydroxylation sites is 1. The summed E-state index contributed by atoms with van der Waals surface area (Å²) in [5, 5.41) is 17.5. The van der Waals surface area contributed by atoms with E-state index in [4.69, 9.17) is 11.6 Å². The van der Waals surface area contributed by atoms with E-state index in [2.05, 4.69) is 26.6 Å². The predicted molar refractivity (Wildman–Crippen MR) is 85.1 cm³/mol. The monoisotopic (exact) mass is 355 g/mol. The zero-order valence-corrected chi connectivity index (χ0v) is 12.8. The lowest BCUT2D eigenvalue weighted by Crippen LogP contribution is -2.01. The highest BCUT2D eigenvalue weighted by Crippen LogP contribution is 2.36. The maximum absolute atomic E-state index is 11.2. The summed E-state index contributed by atoms with van der Waals surface area (Å²) in [4.78, 5) is 10.8. The lowest BCUT2D eigenvalue weighted by atomic mass is 10.2. The minimum atomic E-state index is -0.430. The van der Waals surface area contributed by atoms with Crippen LogP contribution in [0.15, 0.2) is 40.9 Å². The van der Waals surface area contributed by atoms with Crippen LogP contribution in [0.2, 0.25) is 5.02 Å². The van der Waals surface area contributed by atoms with Crippen molar-refractivity contribution >= 4 is 50.3 Å². The fourth-order valence-corrected chi connectivity index (χ4v) is 2.50. The number of halogens is 2. The summed E-state index contributed by atoms with van der Waals surface area (Å²) in [5.41, 5.74) is 1.40. The van der Waals surface area contributed by atoms with E-state index in [1.54, 1.807) is 37.4 Å². The topological polar surface area (TPSA) is 67.2 Å². The van der Waals surface area contributed by atoms with Gasteiger partial charge >= 0.3 is 5.69 Å². The quantitative estimate of drug-likeness (QED) is 0.610. The van der Waals surface area contributed by atoms with Gasteiger partial charge < -0.3 is 10.6 Å². The third-order valence-electron chi connectivity index (χ3n) is 2.69. The number of benzene rings is 2. The molecule has 0 bridgehead atoms. The van der Waals surface area contributed by atoms with Gasteiger partial charge in [0.25, 0.3) is 0 Å². The molecule has 0 unspecified atom stereocenters. The van der Waals surface area contributed by atoms with Crippen LogP contribution in [0.3, 0.4) is 0 Å². The van der Waals surface area contributed by atoms with Crippen LogP contribution in [-0.4, -0.2) is 12.0 Å². The summed E-state index contributed by atoms with van der Waals surface area (Å²) in [6.07, 6.45) is 0. The Balaban J connectivity index is 2.45. The highest BCUT2D eigenvalue weighted by atomic mass is 79.9. The third-order valence-corrected chi connectivity index (χ3v) is 3.49. The molecule has 2 rings (SSSR count). The van der Waals surface area contributed by atoms with Crippen molar-refractivity contribution in [2.75, 3.05) is 17.7 Å². The zero-order chi connectivity index (χ0) is 14.7. The molecule has 5 nitrogen and oxygen atoms in total. The van der Waals surface area contributed by atoms with Gasteiger partial charge in [0.2, 0.25) is 0 Å². The van der Waals surface area contributed by atoms with Gasteiger partial charge in [-0.1, -0.05) is 33.6 Å². The molecular weight excluding hydrogens is 346 g/mol. The first-order valence-corrected chi connectivity index (χ1v) is 6.87. The van der Waals surface area contributed by atoms with E-state index in [1.165, 1.54) is 0 Å². The molecule has 0 aliphatic carbocycles. The van der Waals surface area contributed by atoms with E-state index >= 15 is 0 Å². The van der Waals surface area contributed by atoms with E-state index in [1.807, 2.05) is 6.07 Å². The maximum atomic E-state index is 11.2. The van der Waals surface area contributed by atoms with Crippen LogP contribution in [0.5, 0.6) is 0 Å². The van der Waals surface area contributed by atoms with Gasteiger partial charge in [-0.25, -0.2) is 0 Å². The number of rotatable bonds is 4. The highest BCUT2D eigenvalue weighted by molar-refractivity contribution is 9.10. The molecule has 0 aromatic heterocycles. The molecule has 0 atom stereocenters. The second-order valence-electron chi connectivity index (χ2n) is 3.96. The summed E-state index contributed by atoms with van der Waals surface area (Å²) in [6.45, 7) is 0. The Morgan fingerprint density at radius 1 is 1.20 bits per heavy atom. The van der Waals surface area contributed by atoms with Gasteiger partial charge in [0.05, 0.1) is 15.6 Å². The maximum Gasteiger partial charge on any atom is 0.315 e. The molecule has 0 saturated carbocycles. The molecule has 104 valence electrons. The van der Waals surface area contributed by atoms with Crippen molar-refractivity contribution in [2.24, 2.45) is 0 Å². The van der Waals surface area contributed by atoms with Crippen LogP contribution in [-0.2, 0) is 0 Å². The molecule has 0 saturated heterocycles. The third kappa shape index (κ3) is 3.02. The number of nitrogens with one attached hydrogen (secondary N) is 2. The molecule has 0 spiro atoms. The second kappa shape index (κ2) is 6.11. The lowest BCUT2D eigenvalue weighted by molar-refractivity contribution is -0.383. The summed E-state index contributed by atoms with van der Waals surface area (Å²) < 4.78 is 0.839. The summed E-state index contributed by atoms with van der Waals surface area (Å²) in [6, 6.07) is 10.3. The first-order valence-electron chi connectivity index (χ1n) is 5.70. The van der Waals surface area contributed by atoms with Crippen LogP contribution in [0.1, 0.15) is 0 Å². The number of anilines is 3. The van der Waals surface area contributed by atoms with Crippen LogP contribution in [0, 0.1) is 10.1 Å². The van der Waals surface area contributed by atoms with Gasteiger partial charge in [-0.15, -0.1) is 0 Å². The van der Waals surface area contributed by atoms with Crippen LogP contribution >= 0.6 is 27.5 Å². The molecule has 7 heteroatoms. The molecule has 0 heterocycles. The number of nitro benzene ring substituents is 1. The first-order chi connectivity index (χ1) is 9.52. The van der Waals surface area contributed by atoms with E-state index in [-0.39, 0.29) is 5.69 Å². The molecular formula is C13H11BrClN3O2. The Kier molecular flexibility index (Phi) is 4.46. The fourth-order valence-electron chi connectivity index (χ4n) is 1.78. The Morgan fingerprint density at radius 2 is 1.90 bits per heavy atom. The Bertz CT molecular complexity index is 664. The van der Waals surface area contributed by atoms with Gasteiger partial charge in [0.15, 0.2) is 0 Å². The fraction of sp³-hybridized carbons (Fsp3) is 0.0769. The molecule has 0 aliphatic rings. The van der Waals surface area contributed by atoms with Crippen molar-refractivity contribution in [3.63, 3.8) is 0 Å². The largest absolute Gasteiger partial charge is 0.382 e. The van der Waals surface area contributed by atoms with Crippen molar-refractivity contribution in [3.8, 4) is 0 Å². The zero-order valence-electron chi connectivity index (χ0n) is 10.5. The Hall–Kier alpha value is -1.79. The van der Waals surface area contributed by atoms with E-state index in [0.29, 0.717) is 22.1 Å². The number of hydrogen-bond donors (Lipinski definition) is 2. The molecule has 0 aliphatic heterocycles. The number of hydrogen-bond acceptors (Lipinski definition) is 4. The summed E-state index contributed by atoms with van der Waals surface area (Å²) in [7, 11) is 1.64. The van der Waals surface area contributed by atoms with Gasteiger partial charge in [-0.3, -0.25) is 10.1 Å². The van der Waals surface area contributed by atoms with Crippen molar-refractivity contribution < 1.29 is 4.92 Å². The number of nitro groups is 1. The SMILES string of the molecule is CNc1cccc(Nc2ccc(Br)cc2Cl)c1[N+](=O)[O-]. The van der Waals surface area contributed by atoms with Crippen molar-refractivity contribution in [1.82, 2.24) is 0 Å². The lowest BCUT2D eigenvalue weighted by Gasteiger charge is -2.11. The summed E-state index contributed by atoms with van der Waals surface area (Å²) >= 11 is 9.42.